The Bertz CT molecular complexity index is 1130. The maximum Gasteiger partial charge on any atom is 0.243 e. The van der Waals surface area contributed by atoms with Crippen molar-refractivity contribution in [3.63, 3.8) is 0 Å². The molecule has 2 amide bonds. The fraction of sp³-hybridized carbons (Fsp3) is 0.310. The SMILES string of the molecule is Cc1ccc(SCC(=O)N(Cc2cccc(Cl)c2)[C@@H](Cc2ccccc2)C(=O)NC(C)(C)C)cc1. The second-order valence-electron chi connectivity index (χ2n) is 9.70. The van der Waals surface area contributed by atoms with Crippen molar-refractivity contribution in [2.24, 2.45) is 0 Å². The fourth-order valence-corrected chi connectivity index (χ4v) is 4.70. The third-order valence-electron chi connectivity index (χ3n) is 5.39. The quantitative estimate of drug-likeness (QED) is 0.345. The lowest BCUT2D eigenvalue weighted by Crippen LogP contribution is -2.54. The normalized spacial score (nSPS) is 12.1. The lowest BCUT2D eigenvalue weighted by molar-refractivity contribution is -0.140. The van der Waals surface area contributed by atoms with Crippen molar-refractivity contribution >= 4 is 35.2 Å². The highest BCUT2D eigenvalue weighted by molar-refractivity contribution is 8.00. The molecule has 35 heavy (non-hydrogen) atoms. The van der Waals surface area contributed by atoms with Crippen molar-refractivity contribution in [2.75, 3.05) is 5.75 Å². The molecule has 0 radical (unpaired) electrons. The topological polar surface area (TPSA) is 49.4 Å². The van der Waals surface area contributed by atoms with Crippen LogP contribution in [0.25, 0.3) is 0 Å². The van der Waals surface area contributed by atoms with Crippen molar-refractivity contribution < 1.29 is 9.59 Å². The van der Waals surface area contributed by atoms with Gasteiger partial charge < -0.3 is 10.2 Å². The van der Waals surface area contributed by atoms with Gasteiger partial charge in [0.1, 0.15) is 6.04 Å². The van der Waals surface area contributed by atoms with E-state index in [9.17, 15) is 9.59 Å². The highest BCUT2D eigenvalue weighted by Crippen LogP contribution is 2.22. The number of halogens is 1. The summed E-state index contributed by atoms with van der Waals surface area (Å²) < 4.78 is 0. The number of aryl methyl sites for hydroxylation is 1. The van der Waals surface area contributed by atoms with E-state index in [1.54, 1.807) is 11.0 Å². The monoisotopic (exact) mass is 508 g/mol. The van der Waals surface area contributed by atoms with Gasteiger partial charge in [-0.2, -0.15) is 0 Å². The Kier molecular flexibility index (Phi) is 9.41. The molecule has 0 aliphatic rings. The summed E-state index contributed by atoms with van der Waals surface area (Å²) in [6.45, 7) is 8.17. The van der Waals surface area contributed by atoms with Gasteiger partial charge in [0, 0.05) is 28.4 Å². The molecule has 0 aliphatic heterocycles. The molecule has 0 saturated carbocycles. The van der Waals surface area contributed by atoms with Crippen LogP contribution in [0.3, 0.4) is 0 Å². The molecule has 6 heteroatoms. The largest absolute Gasteiger partial charge is 0.350 e. The number of benzene rings is 3. The molecule has 184 valence electrons. The van der Waals surface area contributed by atoms with Crippen LogP contribution in [0.4, 0.5) is 0 Å². The van der Waals surface area contributed by atoms with Gasteiger partial charge in [0.05, 0.1) is 5.75 Å². The number of hydrogen-bond donors (Lipinski definition) is 1. The Morgan fingerprint density at radius 1 is 0.943 bits per heavy atom. The van der Waals surface area contributed by atoms with Crippen LogP contribution in [-0.4, -0.2) is 34.0 Å². The minimum atomic E-state index is -0.665. The van der Waals surface area contributed by atoms with Gasteiger partial charge >= 0.3 is 0 Å². The predicted octanol–water partition coefficient (Wildman–Crippen LogP) is 6.30. The minimum Gasteiger partial charge on any atom is -0.350 e. The van der Waals surface area contributed by atoms with Crippen molar-refractivity contribution in [1.29, 1.82) is 0 Å². The summed E-state index contributed by atoms with van der Waals surface area (Å²) in [6, 6.07) is 24.7. The zero-order chi connectivity index (χ0) is 25.4. The van der Waals surface area contributed by atoms with Gasteiger partial charge in [-0.3, -0.25) is 9.59 Å². The first-order valence-electron chi connectivity index (χ1n) is 11.7. The Labute approximate surface area is 218 Å². The van der Waals surface area contributed by atoms with Crippen LogP contribution in [0.15, 0.2) is 83.8 Å². The molecule has 1 N–H and O–H groups in total. The van der Waals surface area contributed by atoms with Gasteiger partial charge in [-0.1, -0.05) is 71.8 Å². The van der Waals surface area contributed by atoms with E-state index in [0.29, 0.717) is 18.0 Å². The maximum atomic E-state index is 13.7. The third kappa shape index (κ3) is 8.75. The molecule has 0 fully saturated rings. The molecule has 0 heterocycles. The van der Waals surface area contributed by atoms with Crippen LogP contribution in [0.1, 0.15) is 37.5 Å². The molecule has 3 aromatic carbocycles. The first-order valence-corrected chi connectivity index (χ1v) is 13.1. The predicted molar refractivity (Wildman–Crippen MR) is 146 cm³/mol. The number of nitrogens with one attached hydrogen (secondary N) is 1. The number of rotatable bonds is 9. The number of carbonyl (C=O) groups excluding carboxylic acids is 2. The summed E-state index contributed by atoms with van der Waals surface area (Å²) in [5.41, 5.74) is 2.63. The van der Waals surface area contributed by atoms with Gasteiger partial charge in [0.2, 0.25) is 11.8 Å². The van der Waals surface area contributed by atoms with Gasteiger partial charge in [-0.25, -0.2) is 0 Å². The van der Waals surface area contributed by atoms with E-state index in [2.05, 4.69) is 5.32 Å². The number of amides is 2. The van der Waals surface area contributed by atoms with Crippen molar-refractivity contribution in [1.82, 2.24) is 10.2 Å². The van der Waals surface area contributed by atoms with Crippen LogP contribution < -0.4 is 5.32 Å². The molecule has 0 unspecified atom stereocenters. The summed E-state index contributed by atoms with van der Waals surface area (Å²) in [4.78, 5) is 29.9. The number of nitrogens with zero attached hydrogens (tertiary/aromatic N) is 1. The third-order valence-corrected chi connectivity index (χ3v) is 6.63. The van der Waals surface area contributed by atoms with E-state index < -0.39 is 11.6 Å². The zero-order valence-corrected chi connectivity index (χ0v) is 22.3. The molecule has 0 aliphatic carbocycles. The summed E-state index contributed by atoms with van der Waals surface area (Å²) in [6.07, 6.45) is 0.421. The zero-order valence-electron chi connectivity index (χ0n) is 20.8. The molecule has 3 aromatic rings. The minimum absolute atomic E-state index is 0.0967. The summed E-state index contributed by atoms with van der Waals surface area (Å²) in [5, 5.41) is 3.69. The average molecular weight is 509 g/mol. The second kappa shape index (κ2) is 12.3. The Morgan fingerprint density at radius 2 is 1.60 bits per heavy atom. The van der Waals surface area contributed by atoms with Gasteiger partial charge in [0.15, 0.2) is 0 Å². The summed E-state index contributed by atoms with van der Waals surface area (Å²) in [5.74, 6) is -0.0323. The average Bonchev–Trinajstić information content (AvgIpc) is 2.80. The number of carbonyl (C=O) groups is 2. The highest BCUT2D eigenvalue weighted by Gasteiger charge is 2.32. The molecule has 0 aromatic heterocycles. The standard InChI is InChI=1S/C29H33ClN2O2S/c1-21-13-15-25(16-14-21)35-20-27(33)32(19-23-11-8-12-24(30)17-23)26(28(34)31-29(2,3)4)18-22-9-6-5-7-10-22/h5-17,26H,18-20H2,1-4H3,(H,31,34)/t26-/m0/s1. The molecule has 1 atom stereocenters. The second-order valence-corrected chi connectivity index (χ2v) is 11.2. The van der Waals surface area contributed by atoms with Crippen LogP contribution in [-0.2, 0) is 22.6 Å². The molecule has 4 nitrogen and oxygen atoms in total. The molecule has 3 rings (SSSR count). The highest BCUT2D eigenvalue weighted by atomic mass is 35.5. The van der Waals surface area contributed by atoms with E-state index in [-0.39, 0.29) is 17.6 Å². The van der Waals surface area contributed by atoms with Crippen molar-refractivity contribution in [2.45, 2.75) is 57.1 Å². The van der Waals surface area contributed by atoms with Gasteiger partial charge in [0.25, 0.3) is 0 Å². The van der Waals surface area contributed by atoms with E-state index >= 15 is 0 Å². The van der Waals surface area contributed by atoms with Crippen molar-refractivity contribution in [3.8, 4) is 0 Å². The summed E-state index contributed by atoms with van der Waals surface area (Å²) in [7, 11) is 0. The van der Waals surface area contributed by atoms with E-state index in [4.69, 9.17) is 11.6 Å². The van der Waals surface area contributed by atoms with Gasteiger partial charge in [-0.05, 0) is 63.1 Å². The maximum absolute atomic E-state index is 13.7. The van der Waals surface area contributed by atoms with Gasteiger partial charge in [-0.15, -0.1) is 11.8 Å². The van der Waals surface area contributed by atoms with E-state index in [1.165, 1.54) is 17.3 Å². The van der Waals surface area contributed by atoms with Crippen LogP contribution in [0, 0.1) is 6.92 Å². The van der Waals surface area contributed by atoms with Crippen LogP contribution in [0.2, 0.25) is 5.02 Å². The smallest absolute Gasteiger partial charge is 0.243 e. The first-order chi connectivity index (χ1) is 16.6. The van der Waals surface area contributed by atoms with Crippen LogP contribution >= 0.6 is 23.4 Å². The number of hydrogen-bond acceptors (Lipinski definition) is 3. The lowest BCUT2D eigenvalue weighted by Gasteiger charge is -2.34. The van der Waals surface area contributed by atoms with Crippen LogP contribution in [0.5, 0.6) is 0 Å². The lowest BCUT2D eigenvalue weighted by atomic mass is 10.0. The Hall–Kier alpha value is -2.76. The fourth-order valence-electron chi connectivity index (χ4n) is 3.70. The Balaban J connectivity index is 1.92. The molecule has 0 spiro atoms. The molecule has 0 saturated heterocycles. The van der Waals surface area contributed by atoms with E-state index in [1.807, 2.05) is 100 Å². The summed E-state index contributed by atoms with van der Waals surface area (Å²) >= 11 is 7.71. The molecular formula is C29H33ClN2O2S. The Morgan fingerprint density at radius 3 is 2.23 bits per heavy atom. The molecular weight excluding hydrogens is 476 g/mol. The molecule has 0 bridgehead atoms. The first kappa shape index (κ1) is 26.8. The van der Waals surface area contributed by atoms with E-state index in [0.717, 1.165) is 16.0 Å². The van der Waals surface area contributed by atoms with Crippen molar-refractivity contribution in [3.05, 3.63) is 101 Å². The number of thioether (sulfide) groups is 1.